The summed E-state index contributed by atoms with van der Waals surface area (Å²) in [5, 5.41) is 10.8. The van der Waals surface area contributed by atoms with E-state index in [-0.39, 0.29) is 5.88 Å². The molecule has 1 aliphatic rings. The molecular formula is C15H19N3O. The second-order valence-electron chi connectivity index (χ2n) is 5.30. The predicted octanol–water partition coefficient (Wildman–Crippen LogP) is 3.06. The maximum Gasteiger partial charge on any atom is 0.222 e. The van der Waals surface area contributed by atoms with E-state index < -0.39 is 0 Å². The third kappa shape index (κ3) is 2.35. The molecule has 4 heteroatoms. The van der Waals surface area contributed by atoms with Crippen molar-refractivity contribution in [3.8, 4) is 5.88 Å². The summed E-state index contributed by atoms with van der Waals surface area (Å²) in [6, 6.07) is 6.00. The Morgan fingerprint density at radius 1 is 1.32 bits per heavy atom. The first kappa shape index (κ1) is 12.2. The zero-order valence-electron chi connectivity index (χ0n) is 11.4. The summed E-state index contributed by atoms with van der Waals surface area (Å²) in [5.41, 5.74) is 1.93. The van der Waals surface area contributed by atoms with Gasteiger partial charge in [0.2, 0.25) is 5.88 Å². The van der Waals surface area contributed by atoms with Crippen molar-refractivity contribution in [3.63, 3.8) is 0 Å². The summed E-state index contributed by atoms with van der Waals surface area (Å²) in [6.45, 7) is 3.15. The first-order valence-corrected chi connectivity index (χ1v) is 6.91. The Kier molecular flexibility index (Phi) is 3.01. The van der Waals surface area contributed by atoms with Crippen LogP contribution in [0.25, 0.3) is 10.9 Å². The fourth-order valence-corrected chi connectivity index (χ4v) is 2.34. The van der Waals surface area contributed by atoms with Crippen LogP contribution in [0.15, 0.2) is 18.2 Å². The van der Waals surface area contributed by atoms with Crippen molar-refractivity contribution < 1.29 is 5.11 Å². The van der Waals surface area contributed by atoms with Crippen LogP contribution in [-0.2, 0) is 0 Å². The van der Waals surface area contributed by atoms with Crippen LogP contribution < -0.4 is 4.90 Å². The second-order valence-corrected chi connectivity index (χ2v) is 5.30. The minimum atomic E-state index is 0.110. The molecule has 0 amide bonds. The standard InChI is InChI=1S/C15H19N3O/c1-3-8-18(2)11-6-7-13-12(9-11)15(19)17-14(16-13)10-4-5-10/h6-7,9-10H,3-5,8H2,1-2H3,(H,16,17,19). The van der Waals surface area contributed by atoms with Crippen LogP contribution in [0, 0.1) is 0 Å². The fraction of sp³-hybridized carbons (Fsp3) is 0.467. The number of rotatable bonds is 4. The third-order valence-electron chi connectivity index (χ3n) is 3.62. The fourth-order valence-electron chi connectivity index (χ4n) is 2.34. The molecule has 0 unspecified atom stereocenters. The Bertz CT molecular complexity index is 608. The molecule has 1 heterocycles. The van der Waals surface area contributed by atoms with Crippen LogP contribution in [0.3, 0.4) is 0 Å². The molecule has 1 aromatic heterocycles. The summed E-state index contributed by atoms with van der Waals surface area (Å²) < 4.78 is 0. The average molecular weight is 257 g/mol. The number of nitrogens with zero attached hydrogens (tertiary/aromatic N) is 3. The van der Waals surface area contributed by atoms with Crippen molar-refractivity contribution in [1.82, 2.24) is 9.97 Å². The zero-order chi connectivity index (χ0) is 13.4. The van der Waals surface area contributed by atoms with Gasteiger partial charge in [-0.2, -0.15) is 4.98 Å². The van der Waals surface area contributed by atoms with Gasteiger partial charge in [-0.05, 0) is 37.5 Å². The van der Waals surface area contributed by atoms with Gasteiger partial charge in [0, 0.05) is 25.2 Å². The lowest BCUT2D eigenvalue weighted by Crippen LogP contribution is -2.17. The van der Waals surface area contributed by atoms with Crippen LogP contribution in [0.2, 0.25) is 0 Å². The van der Waals surface area contributed by atoms with Crippen LogP contribution in [0.5, 0.6) is 5.88 Å². The first-order valence-electron chi connectivity index (χ1n) is 6.91. The largest absolute Gasteiger partial charge is 0.493 e. The Balaban J connectivity index is 2.03. The molecule has 0 radical (unpaired) electrons. The number of hydrogen-bond donors (Lipinski definition) is 1. The summed E-state index contributed by atoms with van der Waals surface area (Å²) in [4.78, 5) is 11.0. The summed E-state index contributed by atoms with van der Waals surface area (Å²) in [5.74, 6) is 1.36. The van der Waals surface area contributed by atoms with E-state index in [1.165, 1.54) is 0 Å². The van der Waals surface area contributed by atoms with Gasteiger partial charge in [0.25, 0.3) is 0 Å². The molecule has 2 aromatic rings. The molecule has 100 valence electrons. The lowest BCUT2D eigenvalue weighted by molar-refractivity contribution is 0.456. The van der Waals surface area contributed by atoms with E-state index in [1.807, 2.05) is 12.1 Å². The van der Waals surface area contributed by atoms with Gasteiger partial charge in [-0.25, -0.2) is 4.98 Å². The molecule has 0 saturated heterocycles. The molecule has 0 atom stereocenters. The number of aromatic hydroxyl groups is 1. The molecule has 19 heavy (non-hydrogen) atoms. The minimum absolute atomic E-state index is 0.110. The van der Waals surface area contributed by atoms with Crippen molar-refractivity contribution in [2.45, 2.75) is 32.1 Å². The van der Waals surface area contributed by atoms with Crippen LogP contribution in [-0.4, -0.2) is 28.7 Å². The van der Waals surface area contributed by atoms with Gasteiger partial charge in [0.15, 0.2) is 0 Å². The van der Waals surface area contributed by atoms with Crippen molar-refractivity contribution in [3.05, 3.63) is 24.0 Å². The Morgan fingerprint density at radius 2 is 2.11 bits per heavy atom. The van der Waals surface area contributed by atoms with Gasteiger partial charge >= 0.3 is 0 Å². The molecule has 1 N–H and O–H groups in total. The summed E-state index contributed by atoms with van der Waals surface area (Å²) in [6.07, 6.45) is 3.38. The Morgan fingerprint density at radius 3 is 2.79 bits per heavy atom. The highest BCUT2D eigenvalue weighted by Gasteiger charge is 2.27. The SMILES string of the molecule is CCCN(C)c1ccc2nc(C3CC3)nc(O)c2c1. The van der Waals surface area contributed by atoms with Crippen molar-refractivity contribution in [2.24, 2.45) is 0 Å². The van der Waals surface area contributed by atoms with Gasteiger partial charge in [-0.3, -0.25) is 0 Å². The van der Waals surface area contributed by atoms with Gasteiger partial charge in [-0.15, -0.1) is 0 Å². The molecule has 0 spiro atoms. The van der Waals surface area contributed by atoms with E-state index in [2.05, 4.69) is 34.9 Å². The normalized spacial score (nSPS) is 14.8. The summed E-state index contributed by atoms with van der Waals surface area (Å²) >= 11 is 0. The number of anilines is 1. The topological polar surface area (TPSA) is 49.2 Å². The van der Waals surface area contributed by atoms with Crippen LogP contribution >= 0.6 is 0 Å². The van der Waals surface area contributed by atoms with Crippen LogP contribution in [0.4, 0.5) is 5.69 Å². The minimum Gasteiger partial charge on any atom is -0.493 e. The third-order valence-corrected chi connectivity index (χ3v) is 3.62. The molecule has 0 bridgehead atoms. The van der Waals surface area contributed by atoms with Crippen molar-refractivity contribution in [2.75, 3.05) is 18.5 Å². The maximum absolute atomic E-state index is 10.1. The molecule has 4 nitrogen and oxygen atoms in total. The van der Waals surface area contributed by atoms with E-state index in [9.17, 15) is 5.11 Å². The number of fused-ring (bicyclic) bond motifs is 1. The Labute approximate surface area is 113 Å². The van der Waals surface area contributed by atoms with Gasteiger partial charge < -0.3 is 10.0 Å². The van der Waals surface area contributed by atoms with Gasteiger partial charge in [-0.1, -0.05) is 6.92 Å². The van der Waals surface area contributed by atoms with Crippen molar-refractivity contribution in [1.29, 1.82) is 0 Å². The van der Waals surface area contributed by atoms with E-state index in [0.29, 0.717) is 5.92 Å². The number of hydrogen-bond acceptors (Lipinski definition) is 4. The first-order chi connectivity index (χ1) is 9.19. The highest BCUT2D eigenvalue weighted by atomic mass is 16.3. The highest BCUT2D eigenvalue weighted by Crippen LogP contribution is 2.39. The van der Waals surface area contributed by atoms with E-state index in [1.54, 1.807) is 0 Å². The molecule has 1 aromatic carbocycles. The molecule has 0 aliphatic heterocycles. The number of aromatic nitrogens is 2. The lowest BCUT2D eigenvalue weighted by atomic mass is 10.2. The van der Waals surface area contributed by atoms with E-state index >= 15 is 0 Å². The van der Waals surface area contributed by atoms with Gasteiger partial charge in [0.1, 0.15) is 5.82 Å². The molecule has 1 fully saturated rings. The predicted molar refractivity (Wildman–Crippen MR) is 76.7 cm³/mol. The van der Waals surface area contributed by atoms with Gasteiger partial charge in [0.05, 0.1) is 10.9 Å². The van der Waals surface area contributed by atoms with E-state index in [4.69, 9.17) is 0 Å². The van der Waals surface area contributed by atoms with Crippen LogP contribution in [0.1, 0.15) is 37.9 Å². The highest BCUT2D eigenvalue weighted by molar-refractivity contribution is 5.86. The second kappa shape index (κ2) is 4.68. The molecule has 3 rings (SSSR count). The Hall–Kier alpha value is -1.84. The molecule has 1 aliphatic carbocycles. The monoisotopic (exact) mass is 257 g/mol. The van der Waals surface area contributed by atoms with E-state index in [0.717, 1.165) is 48.2 Å². The molecule has 1 saturated carbocycles. The van der Waals surface area contributed by atoms with Crippen molar-refractivity contribution >= 4 is 16.6 Å². The maximum atomic E-state index is 10.1. The zero-order valence-corrected chi connectivity index (χ0v) is 11.4. The molecular weight excluding hydrogens is 238 g/mol. The lowest BCUT2D eigenvalue weighted by Gasteiger charge is -2.18. The summed E-state index contributed by atoms with van der Waals surface area (Å²) in [7, 11) is 2.06. The number of benzene rings is 1. The average Bonchev–Trinajstić information content (AvgIpc) is 3.23. The quantitative estimate of drug-likeness (QED) is 0.914. The smallest absolute Gasteiger partial charge is 0.222 e.